The minimum atomic E-state index is -0.277. The molecule has 34 heavy (non-hydrogen) atoms. The molecule has 2 aliphatic rings. The maximum atomic E-state index is 13.6. The van der Waals surface area contributed by atoms with Crippen molar-refractivity contribution in [3.8, 4) is 5.88 Å². The average Bonchev–Trinajstić information content (AvgIpc) is 2.86. The van der Waals surface area contributed by atoms with Crippen molar-refractivity contribution in [2.45, 2.75) is 58.2 Å². The van der Waals surface area contributed by atoms with Crippen molar-refractivity contribution in [2.24, 2.45) is 5.92 Å². The summed E-state index contributed by atoms with van der Waals surface area (Å²) in [5, 5.41) is 9.88. The molecule has 1 amide bonds. The molecule has 0 spiro atoms. The van der Waals surface area contributed by atoms with E-state index in [1.54, 1.807) is 4.90 Å². The van der Waals surface area contributed by atoms with Crippen LogP contribution in [0.2, 0.25) is 0 Å². The molecule has 6 nitrogen and oxygen atoms in total. The SMILES string of the molecule is C[C@H]1CN([C@@H](C)CO)C(=O)c2cc(C3=CCCCC3)cnc2O[C@H]1CN(C)Cc1ccccc1. The molecule has 0 fully saturated rings. The van der Waals surface area contributed by atoms with Crippen LogP contribution in [0, 0.1) is 5.92 Å². The molecular formula is C28H37N3O3. The third-order valence-electron chi connectivity index (χ3n) is 6.97. The number of aromatic nitrogens is 1. The summed E-state index contributed by atoms with van der Waals surface area (Å²) in [5.41, 5.74) is 3.99. The van der Waals surface area contributed by atoms with Crippen LogP contribution in [-0.2, 0) is 6.54 Å². The van der Waals surface area contributed by atoms with Gasteiger partial charge < -0.3 is 14.7 Å². The first-order valence-electron chi connectivity index (χ1n) is 12.5. The van der Waals surface area contributed by atoms with Crippen LogP contribution >= 0.6 is 0 Å². The third-order valence-corrected chi connectivity index (χ3v) is 6.97. The van der Waals surface area contributed by atoms with Crippen molar-refractivity contribution in [2.75, 3.05) is 26.7 Å². The molecule has 2 heterocycles. The summed E-state index contributed by atoms with van der Waals surface area (Å²) in [4.78, 5) is 22.3. The maximum absolute atomic E-state index is 13.6. The topological polar surface area (TPSA) is 65.9 Å². The van der Waals surface area contributed by atoms with Gasteiger partial charge in [-0.25, -0.2) is 4.98 Å². The summed E-state index contributed by atoms with van der Waals surface area (Å²) in [5.74, 6) is 0.349. The number of allylic oxidation sites excluding steroid dienone is 2. The molecule has 1 aliphatic heterocycles. The van der Waals surface area contributed by atoms with Gasteiger partial charge in [-0.05, 0) is 62.4 Å². The van der Waals surface area contributed by atoms with E-state index in [1.807, 2.05) is 25.3 Å². The summed E-state index contributed by atoms with van der Waals surface area (Å²) in [6, 6.07) is 12.0. The number of benzene rings is 1. The van der Waals surface area contributed by atoms with E-state index < -0.39 is 0 Å². The summed E-state index contributed by atoms with van der Waals surface area (Å²) < 4.78 is 6.45. The summed E-state index contributed by atoms with van der Waals surface area (Å²) in [7, 11) is 2.09. The number of amides is 1. The summed E-state index contributed by atoms with van der Waals surface area (Å²) in [6.45, 7) is 5.97. The lowest BCUT2D eigenvalue weighted by atomic mass is 9.93. The zero-order chi connectivity index (χ0) is 24.1. The van der Waals surface area contributed by atoms with Crippen molar-refractivity contribution in [3.63, 3.8) is 0 Å². The first-order chi connectivity index (χ1) is 16.5. The first kappa shape index (κ1) is 24.4. The lowest BCUT2D eigenvalue weighted by Crippen LogP contribution is -2.49. The Hall–Kier alpha value is -2.70. The van der Waals surface area contributed by atoms with E-state index in [2.05, 4.69) is 54.2 Å². The quantitative estimate of drug-likeness (QED) is 0.660. The average molecular weight is 464 g/mol. The lowest BCUT2D eigenvalue weighted by Gasteiger charge is -2.37. The van der Waals surface area contributed by atoms with E-state index in [-0.39, 0.29) is 30.6 Å². The molecule has 1 N–H and O–H groups in total. The number of hydrogen-bond donors (Lipinski definition) is 1. The molecule has 4 rings (SSSR count). The van der Waals surface area contributed by atoms with Crippen molar-refractivity contribution in [3.05, 3.63) is 65.4 Å². The number of carbonyl (C=O) groups excluding carboxylic acids is 1. The molecule has 3 atom stereocenters. The third kappa shape index (κ3) is 5.68. The van der Waals surface area contributed by atoms with Crippen LogP contribution in [0.3, 0.4) is 0 Å². The van der Waals surface area contributed by atoms with Gasteiger partial charge >= 0.3 is 0 Å². The molecular weight excluding hydrogens is 426 g/mol. The number of ether oxygens (including phenoxy) is 1. The second-order valence-corrected chi connectivity index (χ2v) is 9.86. The largest absolute Gasteiger partial charge is 0.472 e. The smallest absolute Gasteiger partial charge is 0.259 e. The van der Waals surface area contributed by atoms with Gasteiger partial charge in [-0.1, -0.05) is 43.3 Å². The fourth-order valence-electron chi connectivity index (χ4n) is 4.86. The molecule has 0 unspecified atom stereocenters. The number of likely N-dealkylation sites (N-methyl/N-ethyl adjacent to an activating group) is 1. The molecule has 0 radical (unpaired) electrons. The van der Waals surface area contributed by atoms with Crippen LogP contribution in [0.4, 0.5) is 0 Å². The monoisotopic (exact) mass is 463 g/mol. The Morgan fingerprint density at radius 1 is 1.26 bits per heavy atom. The molecule has 1 aliphatic carbocycles. The van der Waals surface area contributed by atoms with Gasteiger partial charge in [0.05, 0.1) is 12.6 Å². The van der Waals surface area contributed by atoms with Crippen LogP contribution in [0.25, 0.3) is 5.57 Å². The molecule has 0 bridgehead atoms. The Balaban J connectivity index is 1.63. The zero-order valence-corrected chi connectivity index (χ0v) is 20.6. The van der Waals surface area contributed by atoms with E-state index in [4.69, 9.17) is 4.74 Å². The maximum Gasteiger partial charge on any atom is 0.259 e. The van der Waals surface area contributed by atoms with Gasteiger partial charge in [0.2, 0.25) is 5.88 Å². The molecule has 182 valence electrons. The first-order valence-corrected chi connectivity index (χ1v) is 12.5. The molecule has 1 aromatic carbocycles. The number of aliphatic hydroxyl groups excluding tert-OH is 1. The van der Waals surface area contributed by atoms with Crippen molar-refractivity contribution in [1.29, 1.82) is 0 Å². The van der Waals surface area contributed by atoms with E-state index in [1.165, 1.54) is 17.6 Å². The van der Waals surface area contributed by atoms with E-state index in [9.17, 15) is 9.90 Å². The van der Waals surface area contributed by atoms with Gasteiger partial charge in [-0.15, -0.1) is 0 Å². The number of nitrogens with zero attached hydrogens (tertiary/aromatic N) is 3. The van der Waals surface area contributed by atoms with Crippen molar-refractivity contribution >= 4 is 11.5 Å². The van der Waals surface area contributed by atoms with Crippen LogP contribution in [0.1, 0.15) is 61.0 Å². The van der Waals surface area contributed by atoms with Gasteiger partial charge in [-0.3, -0.25) is 9.69 Å². The Morgan fingerprint density at radius 3 is 2.76 bits per heavy atom. The minimum Gasteiger partial charge on any atom is -0.472 e. The number of carbonyl (C=O) groups is 1. The number of hydrogen-bond acceptors (Lipinski definition) is 5. The molecule has 0 saturated carbocycles. The minimum absolute atomic E-state index is 0.0758. The lowest BCUT2D eigenvalue weighted by molar-refractivity contribution is 0.0325. The molecule has 2 aromatic rings. The number of rotatable bonds is 7. The Morgan fingerprint density at radius 2 is 2.06 bits per heavy atom. The summed E-state index contributed by atoms with van der Waals surface area (Å²) in [6.07, 6.45) is 8.42. The Labute approximate surface area is 203 Å². The van der Waals surface area contributed by atoms with Crippen LogP contribution in [-0.4, -0.2) is 64.7 Å². The van der Waals surface area contributed by atoms with Gasteiger partial charge in [0, 0.05) is 31.7 Å². The standard InChI is InChI=1S/C28H37N3O3/c1-20-16-31(21(2)19-32)28(33)25-14-24(23-12-8-5-9-13-23)15-29-27(25)34-26(20)18-30(3)17-22-10-6-4-7-11-22/h4,6-7,10-12,14-15,20-21,26,32H,5,8-9,13,16-19H2,1-3H3/t20-,21-,26-/m0/s1. The van der Waals surface area contributed by atoms with Gasteiger partial charge in [0.25, 0.3) is 5.91 Å². The Bertz CT molecular complexity index is 1010. The fourth-order valence-corrected chi connectivity index (χ4v) is 4.86. The number of aliphatic hydroxyl groups is 1. The highest BCUT2D eigenvalue weighted by Gasteiger charge is 2.34. The number of pyridine rings is 1. The highest BCUT2D eigenvalue weighted by molar-refractivity contribution is 5.97. The predicted octanol–water partition coefficient (Wildman–Crippen LogP) is 4.39. The zero-order valence-electron chi connectivity index (χ0n) is 20.6. The normalized spacial score (nSPS) is 21.9. The van der Waals surface area contributed by atoms with Gasteiger partial charge in [-0.2, -0.15) is 0 Å². The second-order valence-electron chi connectivity index (χ2n) is 9.86. The number of fused-ring (bicyclic) bond motifs is 1. The fraction of sp³-hybridized carbons (Fsp3) is 0.500. The van der Waals surface area contributed by atoms with Crippen molar-refractivity contribution < 1.29 is 14.6 Å². The van der Waals surface area contributed by atoms with E-state index >= 15 is 0 Å². The summed E-state index contributed by atoms with van der Waals surface area (Å²) >= 11 is 0. The predicted molar refractivity (Wildman–Crippen MR) is 135 cm³/mol. The second kappa shape index (κ2) is 11.2. The van der Waals surface area contributed by atoms with E-state index in [0.29, 0.717) is 24.5 Å². The van der Waals surface area contributed by atoms with Crippen molar-refractivity contribution in [1.82, 2.24) is 14.8 Å². The highest BCUT2D eigenvalue weighted by Crippen LogP contribution is 2.32. The Kier molecular flexibility index (Phi) is 8.01. The van der Waals surface area contributed by atoms with Gasteiger partial charge in [0.15, 0.2) is 0 Å². The van der Waals surface area contributed by atoms with Crippen LogP contribution in [0.5, 0.6) is 5.88 Å². The molecule has 0 saturated heterocycles. The van der Waals surface area contributed by atoms with Gasteiger partial charge in [0.1, 0.15) is 11.7 Å². The van der Waals surface area contributed by atoms with E-state index in [0.717, 1.165) is 31.4 Å². The highest BCUT2D eigenvalue weighted by atomic mass is 16.5. The van der Waals surface area contributed by atoms with Crippen LogP contribution in [0.15, 0.2) is 48.7 Å². The molecule has 6 heteroatoms. The van der Waals surface area contributed by atoms with Crippen LogP contribution < -0.4 is 4.74 Å². The molecule has 1 aromatic heterocycles.